The molecule has 2 aliphatic rings. The molecule has 2 aromatic rings. The van der Waals surface area contributed by atoms with Crippen molar-refractivity contribution in [1.82, 2.24) is 10.6 Å². The molecule has 10 nitrogen and oxygen atoms in total. The number of nitrogens with one attached hydrogen (secondary N) is 3. The van der Waals surface area contributed by atoms with Crippen LogP contribution in [-0.4, -0.2) is 62.0 Å². The number of sulfone groups is 1. The summed E-state index contributed by atoms with van der Waals surface area (Å²) in [5.41, 5.74) is -1.40. The van der Waals surface area contributed by atoms with Crippen molar-refractivity contribution in [3.63, 3.8) is 0 Å². The molecule has 0 spiro atoms. The number of ether oxygens (including phenoxy) is 1. The SMILES string of the molecule is COC(=O)N[C@@H](C)C(=O)NC[C@@]1(O)C2CC[C@H]1CC(S(=O)(=O)c1cc(C(=O)Nc3ccc(F)c(F)c3)ccc1Cl)C2. The van der Waals surface area contributed by atoms with Gasteiger partial charge in [0, 0.05) is 23.9 Å². The maximum absolute atomic E-state index is 13.7. The normalized spacial score (nSPS) is 24.3. The van der Waals surface area contributed by atoms with Gasteiger partial charge >= 0.3 is 6.09 Å². The van der Waals surface area contributed by atoms with Crippen molar-refractivity contribution in [3.8, 4) is 0 Å². The predicted octanol–water partition coefficient (Wildman–Crippen LogP) is 3.42. The van der Waals surface area contributed by atoms with Crippen molar-refractivity contribution in [1.29, 1.82) is 0 Å². The lowest BCUT2D eigenvalue weighted by atomic mass is 9.74. The van der Waals surface area contributed by atoms with Crippen LogP contribution in [0.15, 0.2) is 41.3 Å². The molecule has 4 N–H and O–H groups in total. The number of amides is 3. The summed E-state index contributed by atoms with van der Waals surface area (Å²) in [5.74, 6) is -4.35. The standard InChI is InChI=1S/C27H30ClF2N3O7S/c1-14(32-26(36)40-2)24(34)31-13-27(37)16-4-5-17(27)11-19(10-16)41(38,39)23-9-15(3-7-20(23)28)25(35)33-18-6-8-21(29)22(30)12-18/h3,6-9,12,14,16-17,19,37H,4-5,10-11,13H2,1-2H3,(H,31,34)(H,32,36)(H,33,35)/t14-,16-,17?,19?,27-/m0/s1. The smallest absolute Gasteiger partial charge is 0.407 e. The van der Waals surface area contributed by atoms with E-state index in [2.05, 4.69) is 20.7 Å². The van der Waals surface area contributed by atoms with Gasteiger partial charge in [-0.05, 0) is 74.8 Å². The first-order chi connectivity index (χ1) is 19.3. The molecule has 0 aromatic heterocycles. The van der Waals surface area contributed by atoms with E-state index in [-0.39, 0.29) is 40.6 Å². The van der Waals surface area contributed by atoms with Crippen molar-refractivity contribution < 1.29 is 41.4 Å². The number of anilines is 1. The van der Waals surface area contributed by atoms with Crippen LogP contribution in [0.3, 0.4) is 0 Å². The highest BCUT2D eigenvalue weighted by Gasteiger charge is 2.55. The highest BCUT2D eigenvalue weighted by atomic mass is 35.5. The quantitative estimate of drug-likeness (QED) is 0.356. The van der Waals surface area contributed by atoms with E-state index in [0.717, 1.165) is 18.2 Å². The summed E-state index contributed by atoms with van der Waals surface area (Å²) in [6.45, 7) is 1.35. The Morgan fingerprint density at radius 3 is 2.37 bits per heavy atom. The molecule has 14 heteroatoms. The van der Waals surface area contributed by atoms with E-state index in [1.807, 2.05) is 0 Å². The van der Waals surface area contributed by atoms with Gasteiger partial charge in [0.2, 0.25) is 5.91 Å². The highest BCUT2D eigenvalue weighted by molar-refractivity contribution is 7.92. The van der Waals surface area contributed by atoms with E-state index in [9.17, 15) is 36.7 Å². The van der Waals surface area contributed by atoms with Gasteiger partial charge in [0.25, 0.3) is 5.91 Å². The highest BCUT2D eigenvalue weighted by Crippen LogP contribution is 2.52. The minimum Gasteiger partial charge on any atom is -0.453 e. The zero-order chi connectivity index (χ0) is 30.1. The van der Waals surface area contributed by atoms with Gasteiger partial charge in [-0.1, -0.05) is 11.6 Å². The lowest BCUT2D eigenvalue weighted by Gasteiger charge is -2.42. The number of hydrogen-bond acceptors (Lipinski definition) is 7. The Labute approximate surface area is 240 Å². The van der Waals surface area contributed by atoms with Crippen LogP contribution in [0.4, 0.5) is 19.3 Å². The number of rotatable bonds is 8. The van der Waals surface area contributed by atoms with Crippen LogP contribution in [0.5, 0.6) is 0 Å². The lowest BCUT2D eigenvalue weighted by molar-refractivity contribution is -0.125. The molecule has 2 fully saturated rings. The van der Waals surface area contributed by atoms with Crippen molar-refractivity contribution in [2.75, 3.05) is 19.0 Å². The number of fused-ring (bicyclic) bond motifs is 2. The monoisotopic (exact) mass is 613 g/mol. The summed E-state index contributed by atoms with van der Waals surface area (Å²) in [6.07, 6.45) is 0.569. The number of benzene rings is 2. The van der Waals surface area contributed by atoms with Crippen LogP contribution in [0.2, 0.25) is 5.02 Å². The number of halogens is 3. The number of alkyl carbamates (subject to hydrolysis) is 1. The van der Waals surface area contributed by atoms with E-state index in [1.165, 1.54) is 32.2 Å². The second kappa shape index (κ2) is 11.9. The number of carbonyl (C=O) groups is 3. The van der Waals surface area contributed by atoms with Gasteiger partial charge < -0.3 is 25.8 Å². The topological polar surface area (TPSA) is 151 Å². The summed E-state index contributed by atoms with van der Waals surface area (Å²) in [5, 5.41) is 17.9. The fourth-order valence-electron chi connectivity index (χ4n) is 5.65. The molecule has 3 amide bonds. The summed E-state index contributed by atoms with van der Waals surface area (Å²) < 4.78 is 58.7. The van der Waals surface area contributed by atoms with E-state index < -0.39 is 68.1 Å². The molecule has 2 aliphatic carbocycles. The first-order valence-corrected chi connectivity index (χ1v) is 14.8. The number of hydrogen-bond donors (Lipinski definition) is 4. The van der Waals surface area contributed by atoms with Gasteiger partial charge in [0.05, 0.1) is 27.9 Å². The fraction of sp³-hybridized carbons (Fsp3) is 0.444. The summed E-state index contributed by atoms with van der Waals surface area (Å²) >= 11 is 6.27. The minimum absolute atomic E-state index is 0.0149. The number of methoxy groups -OCH3 is 1. The minimum atomic E-state index is -4.05. The maximum atomic E-state index is 13.7. The molecule has 5 atom stereocenters. The Morgan fingerprint density at radius 2 is 1.76 bits per heavy atom. The van der Waals surface area contributed by atoms with Crippen LogP contribution in [0, 0.1) is 23.5 Å². The second-order valence-corrected chi connectivity index (χ2v) is 13.0. The van der Waals surface area contributed by atoms with Crippen molar-refractivity contribution in [2.45, 2.75) is 54.4 Å². The molecule has 0 radical (unpaired) electrons. The van der Waals surface area contributed by atoms with Crippen LogP contribution in [0.1, 0.15) is 43.0 Å². The van der Waals surface area contributed by atoms with Gasteiger partial charge in [-0.25, -0.2) is 22.0 Å². The molecule has 2 saturated carbocycles. The summed E-state index contributed by atoms with van der Waals surface area (Å²) in [7, 11) is -2.88. The summed E-state index contributed by atoms with van der Waals surface area (Å²) in [6, 6.07) is 5.66. The molecular formula is C27H30ClF2N3O7S. The fourth-order valence-corrected chi connectivity index (χ4v) is 8.06. The third-order valence-electron chi connectivity index (χ3n) is 7.95. The number of carbonyl (C=O) groups excluding carboxylic acids is 3. The molecule has 2 unspecified atom stereocenters. The van der Waals surface area contributed by atoms with Crippen LogP contribution in [0.25, 0.3) is 0 Å². The van der Waals surface area contributed by atoms with Crippen LogP contribution < -0.4 is 16.0 Å². The zero-order valence-corrected chi connectivity index (χ0v) is 23.8. The Hall–Kier alpha value is -3.29. The van der Waals surface area contributed by atoms with Crippen molar-refractivity contribution in [2.24, 2.45) is 11.8 Å². The predicted molar refractivity (Wildman–Crippen MR) is 145 cm³/mol. The number of aliphatic hydroxyl groups is 1. The third-order valence-corrected chi connectivity index (χ3v) is 10.6. The van der Waals surface area contributed by atoms with E-state index >= 15 is 0 Å². The molecule has 0 aliphatic heterocycles. The Bertz CT molecular complexity index is 1460. The maximum Gasteiger partial charge on any atom is 0.407 e. The molecule has 2 bridgehead atoms. The van der Waals surface area contributed by atoms with Gasteiger partial charge in [-0.15, -0.1) is 0 Å². The third kappa shape index (κ3) is 6.31. The van der Waals surface area contributed by atoms with E-state index in [0.29, 0.717) is 12.8 Å². The Kier molecular flexibility index (Phi) is 8.90. The molecule has 0 heterocycles. The largest absolute Gasteiger partial charge is 0.453 e. The van der Waals surface area contributed by atoms with Gasteiger partial charge in [-0.3, -0.25) is 9.59 Å². The lowest BCUT2D eigenvalue weighted by Crippen LogP contribution is -2.56. The average Bonchev–Trinajstić information content (AvgIpc) is 3.08. The molecule has 2 aromatic carbocycles. The summed E-state index contributed by atoms with van der Waals surface area (Å²) in [4.78, 5) is 36.3. The Balaban J connectivity index is 1.47. The average molecular weight is 614 g/mol. The first-order valence-electron chi connectivity index (χ1n) is 12.9. The molecule has 222 valence electrons. The molecular weight excluding hydrogens is 584 g/mol. The first kappa shape index (κ1) is 30.7. The molecule has 41 heavy (non-hydrogen) atoms. The molecule has 0 saturated heterocycles. The molecule has 4 rings (SSSR count). The van der Waals surface area contributed by atoms with Gasteiger partial charge in [-0.2, -0.15) is 0 Å². The van der Waals surface area contributed by atoms with Gasteiger partial charge in [0.1, 0.15) is 6.04 Å². The Morgan fingerprint density at radius 1 is 1.10 bits per heavy atom. The van der Waals surface area contributed by atoms with Crippen LogP contribution >= 0.6 is 11.6 Å². The van der Waals surface area contributed by atoms with Crippen LogP contribution in [-0.2, 0) is 19.4 Å². The van der Waals surface area contributed by atoms with E-state index in [4.69, 9.17) is 11.6 Å². The van der Waals surface area contributed by atoms with Gasteiger partial charge in [0.15, 0.2) is 21.5 Å². The van der Waals surface area contributed by atoms with Crippen molar-refractivity contribution in [3.05, 3.63) is 58.6 Å². The van der Waals surface area contributed by atoms with Crippen molar-refractivity contribution >= 4 is 45.0 Å². The van der Waals surface area contributed by atoms with E-state index in [1.54, 1.807) is 0 Å². The second-order valence-electron chi connectivity index (χ2n) is 10.4. The zero-order valence-electron chi connectivity index (χ0n) is 22.2.